The zero-order valence-electron chi connectivity index (χ0n) is 34.7. The largest absolute Gasteiger partial charge is 0.507 e. The van der Waals surface area contributed by atoms with Gasteiger partial charge in [0.1, 0.15) is 5.75 Å². The van der Waals surface area contributed by atoms with Crippen molar-refractivity contribution >= 4 is 22.6 Å². The number of phenolic OH excluding ortho intramolecular Hbond substituents is 1. The fraction of sp³-hybridized carbons (Fsp3) is 0.119. The van der Waals surface area contributed by atoms with Crippen molar-refractivity contribution < 1.29 is 5.11 Å². The average Bonchev–Trinajstić information content (AvgIpc) is 3.86. The van der Waals surface area contributed by atoms with E-state index in [4.69, 9.17) is 0 Å². The monoisotopic (exact) mass is 783 g/mol. The van der Waals surface area contributed by atoms with Gasteiger partial charge in [0.15, 0.2) is 0 Å². The van der Waals surface area contributed by atoms with Crippen LogP contribution in [-0.4, -0.2) is 5.11 Å². The first-order valence-corrected chi connectivity index (χ1v) is 21.6. The molecule has 0 aromatic heterocycles. The Morgan fingerprint density at radius 1 is 0.492 bits per heavy atom. The quantitative estimate of drug-likeness (QED) is 0.188. The molecule has 0 saturated heterocycles. The highest BCUT2D eigenvalue weighted by atomic mass is 16.3. The molecule has 0 aliphatic heterocycles. The summed E-state index contributed by atoms with van der Waals surface area (Å²) in [5, 5.41) is 13.4. The summed E-state index contributed by atoms with van der Waals surface area (Å²) in [6, 6.07) is 64.4. The zero-order valence-corrected chi connectivity index (χ0v) is 34.7. The summed E-state index contributed by atoms with van der Waals surface area (Å²) in [4.78, 5) is 2.36. The van der Waals surface area contributed by atoms with Gasteiger partial charge in [0.2, 0.25) is 0 Å². The third kappa shape index (κ3) is 4.85. The van der Waals surface area contributed by atoms with Crippen LogP contribution in [0.15, 0.2) is 194 Å². The van der Waals surface area contributed by atoms with Crippen molar-refractivity contribution in [3.63, 3.8) is 0 Å². The summed E-state index contributed by atoms with van der Waals surface area (Å²) >= 11 is 0. The zero-order chi connectivity index (χ0) is 41.0. The van der Waals surface area contributed by atoms with Gasteiger partial charge < -0.3 is 10.0 Å². The molecule has 1 N–H and O–H groups in total. The summed E-state index contributed by atoms with van der Waals surface area (Å²) in [5.41, 5.74) is 21.6. The number of aromatic hydroxyl groups is 1. The summed E-state index contributed by atoms with van der Waals surface area (Å²) in [7, 11) is 0. The maximum atomic E-state index is 13.4. The molecule has 8 aromatic carbocycles. The molecule has 0 fully saturated rings. The predicted molar refractivity (Wildman–Crippen MR) is 253 cm³/mol. The van der Waals surface area contributed by atoms with Crippen LogP contribution in [0.25, 0.3) is 50.1 Å². The maximum absolute atomic E-state index is 13.4. The normalized spacial score (nSPS) is 16.6. The molecule has 292 valence electrons. The smallest absolute Gasteiger partial charge is 0.133 e. The molecule has 4 aliphatic rings. The lowest BCUT2D eigenvalue weighted by molar-refractivity contribution is 0.474. The fourth-order valence-electron chi connectivity index (χ4n) is 11.6. The lowest BCUT2D eigenvalue weighted by Gasteiger charge is -2.34. The van der Waals surface area contributed by atoms with E-state index in [0.29, 0.717) is 5.75 Å². The van der Waals surface area contributed by atoms with Gasteiger partial charge in [-0.1, -0.05) is 179 Å². The number of benzene rings is 8. The van der Waals surface area contributed by atoms with E-state index in [0.717, 1.165) is 45.7 Å². The van der Waals surface area contributed by atoms with Gasteiger partial charge >= 0.3 is 0 Å². The van der Waals surface area contributed by atoms with E-state index in [1.54, 1.807) is 0 Å². The minimum atomic E-state index is -0.550. The number of phenols is 1. The molecule has 0 saturated carbocycles. The molecule has 12 rings (SSSR count). The molecule has 1 atom stereocenters. The van der Waals surface area contributed by atoms with Gasteiger partial charge in [-0.15, -0.1) is 0 Å². The van der Waals surface area contributed by atoms with Crippen LogP contribution in [0, 0.1) is 5.92 Å². The highest BCUT2D eigenvalue weighted by molar-refractivity contribution is 6.01. The lowest BCUT2D eigenvalue weighted by Crippen LogP contribution is -2.26. The minimum Gasteiger partial charge on any atom is -0.507 e. The van der Waals surface area contributed by atoms with Gasteiger partial charge in [-0.25, -0.2) is 0 Å². The van der Waals surface area contributed by atoms with Crippen LogP contribution >= 0.6 is 0 Å². The van der Waals surface area contributed by atoms with Crippen LogP contribution < -0.4 is 4.90 Å². The number of allylic oxidation sites excluding steroid dienone is 4. The number of hydrogen-bond donors (Lipinski definition) is 1. The van der Waals surface area contributed by atoms with Crippen molar-refractivity contribution in [1.82, 2.24) is 0 Å². The Kier molecular flexibility index (Phi) is 7.72. The van der Waals surface area contributed by atoms with Gasteiger partial charge in [-0.2, -0.15) is 0 Å². The Balaban J connectivity index is 1.13. The first-order valence-electron chi connectivity index (χ1n) is 21.6. The topological polar surface area (TPSA) is 23.5 Å². The van der Waals surface area contributed by atoms with E-state index in [-0.39, 0.29) is 11.3 Å². The fourth-order valence-corrected chi connectivity index (χ4v) is 11.6. The van der Waals surface area contributed by atoms with Gasteiger partial charge in [0.05, 0.1) is 11.1 Å². The summed E-state index contributed by atoms with van der Waals surface area (Å²) in [6.45, 7) is 6.96. The van der Waals surface area contributed by atoms with Crippen LogP contribution in [0.2, 0.25) is 0 Å². The number of fused-ring (bicyclic) bond motifs is 13. The minimum absolute atomic E-state index is 0.164. The Morgan fingerprint density at radius 2 is 1.00 bits per heavy atom. The molecule has 2 heteroatoms. The number of rotatable bonds is 5. The first kappa shape index (κ1) is 35.8. The molecule has 0 bridgehead atoms. The first-order chi connectivity index (χ1) is 29.9. The molecule has 0 amide bonds. The third-order valence-electron chi connectivity index (χ3n) is 14.3. The van der Waals surface area contributed by atoms with Gasteiger partial charge in [0, 0.05) is 27.9 Å². The van der Waals surface area contributed by atoms with Crippen LogP contribution in [-0.2, 0) is 10.8 Å². The maximum Gasteiger partial charge on any atom is 0.133 e. The standard InChI is InChI=1S/C59H45NO/c1-37-18-7-8-21-40(37)55-54(60(38-19-5-4-6-20-38)39-32-33-45-41-22-9-13-28-49(41)58(2,3)53(45)36-39)35-34-48(57(55)61)47-27-17-26-46-44-25-12-16-31-52(44)59(56(46)47)50-29-14-10-23-42(50)43-24-11-15-30-51(43)59/h4-17,19-37,61H,18H2,1-3H3. The van der Waals surface area contributed by atoms with E-state index >= 15 is 0 Å². The highest BCUT2D eigenvalue weighted by Crippen LogP contribution is 2.65. The van der Waals surface area contributed by atoms with E-state index in [1.807, 2.05) is 0 Å². The summed E-state index contributed by atoms with van der Waals surface area (Å²) in [6.07, 6.45) is 7.52. The van der Waals surface area contributed by atoms with E-state index in [2.05, 4.69) is 220 Å². The van der Waals surface area contributed by atoms with Crippen molar-refractivity contribution in [2.75, 3.05) is 4.90 Å². The summed E-state index contributed by atoms with van der Waals surface area (Å²) < 4.78 is 0. The SMILES string of the molecule is CC1CC=CC=C1c1c(N(c2ccccc2)c2ccc3c(c2)C(C)(C)c2ccccc2-3)ccc(-c2cccc3c2C2(c4ccccc4-c4ccccc42)c2ccccc2-3)c1O. The van der Waals surface area contributed by atoms with Crippen LogP contribution in [0.5, 0.6) is 5.75 Å². The Hall–Kier alpha value is -7.16. The molecule has 1 spiro atoms. The Morgan fingerprint density at radius 3 is 1.64 bits per heavy atom. The molecule has 1 unspecified atom stereocenters. The summed E-state index contributed by atoms with van der Waals surface area (Å²) in [5.74, 6) is 0.501. The van der Waals surface area contributed by atoms with Crippen molar-refractivity contribution in [2.24, 2.45) is 5.92 Å². The number of hydrogen-bond acceptors (Lipinski definition) is 2. The van der Waals surface area contributed by atoms with Crippen molar-refractivity contribution in [3.05, 3.63) is 233 Å². The molecular weight excluding hydrogens is 739 g/mol. The molecule has 0 heterocycles. The molecule has 0 radical (unpaired) electrons. The van der Waals surface area contributed by atoms with Gasteiger partial charge in [-0.05, 0) is 127 Å². The van der Waals surface area contributed by atoms with Gasteiger partial charge in [0.25, 0.3) is 0 Å². The highest BCUT2D eigenvalue weighted by Gasteiger charge is 2.53. The van der Waals surface area contributed by atoms with Crippen molar-refractivity contribution in [3.8, 4) is 50.3 Å². The van der Waals surface area contributed by atoms with Crippen LogP contribution in [0.3, 0.4) is 0 Å². The van der Waals surface area contributed by atoms with Crippen molar-refractivity contribution in [1.29, 1.82) is 0 Å². The van der Waals surface area contributed by atoms with Crippen LogP contribution in [0.1, 0.15) is 66.1 Å². The molecule has 4 aliphatic carbocycles. The second-order valence-corrected chi connectivity index (χ2v) is 17.7. The Bertz CT molecular complexity index is 3120. The Labute approximate surface area is 358 Å². The average molecular weight is 784 g/mol. The van der Waals surface area contributed by atoms with Crippen molar-refractivity contribution in [2.45, 2.75) is 38.0 Å². The predicted octanol–water partition coefficient (Wildman–Crippen LogP) is 15.2. The lowest BCUT2D eigenvalue weighted by atomic mass is 9.68. The van der Waals surface area contributed by atoms with E-state index in [9.17, 15) is 5.11 Å². The molecule has 2 nitrogen and oxygen atoms in total. The number of nitrogens with zero attached hydrogens (tertiary/aromatic N) is 1. The van der Waals surface area contributed by atoms with Crippen LogP contribution in [0.4, 0.5) is 17.1 Å². The molecule has 8 aromatic rings. The third-order valence-corrected chi connectivity index (χ3v) is 14.3. The second-order valence-electron chi connectivity index (χ2n) is 17.7. The second kappa shape index (κ2) is 13.2. The van der Waals surface area contributed by atoms with Gasteiger partial charge in [-0.3, -0.25) is 0 Å². The molecular formula is C59H45NO. The molecule has 61 heavy (non-hydrogen) atoms. The van der Waals surface area contributed by atoms with E-state index in [1.165, 1.54) is 66.8 Å². The number of para-hydroxylation sites is 1. The number of anilines is 3. The van der Waals surface area contributed by atoms with E-state index < -0.39 is 5.41 Å².